The highest BCUT2D eigenvalue weighted by molar-refractivity contribution is 5.27. The second kappa shape index (κ2) is 6.21. The maximum atomic E-state index is 8.78. The molecule has 4 aliphatic carbocycles. The summed E-state index contributed by atoms with van der Waals surface area (Å²) in [6.07, 6.45) is 7.41. The highest BCUT2D eigenvalue weighted by atomic mass is 16.5. The Morgan fingerprint density at radius 1 is 0.955 bits per heavy atom. The highest BCUT2D eigenvalue weighted by Gasteiger charge is 2.47. The van der Waals surface area contributed by atoms with Gasteiger partial charge in [-0.15, -0.1) is 0 Å². The maximum absolute atomic E-state index is 8.78. The average molecular weight is 301 g/mol. The standard InChI is InChI=1S/C19H27NO2/c21-5-6-22-18-3-1-13(2-4-18)12-20-19-16-8-14-7-15(10-16)11-17(19)9-14/h1-4,14-17,19-21H,5-12H2. The Balaban J connectivity index is 1.33. The van der Waals surface area contributed by atoms with Gasteiger partial charge in [-0.1, -0.05) is 12.1 Å². The van der Waals surface area contributed by atoms with Gasteiger partial charge in [-0.05, 0) is 73.5 Å². The summed E-state index contributed by atoms with van der Waals surface area (Å²) in [5, 5.41) is 12.6. The van der Waals surface area contributed by atoms with Crippen molar-refractivity contribution in [1.82, 2.24) is 5.32 Å². The van der Waals surface area contributed by atoms with Crippen molar-refractivity contribution in [3.8, 4) is 5.75 Å². The molecular formula is C19H27NO2. The number of benzene rings is 1. The van der Waals surface area contributed by atoms with E-state index in [2.05, 4.69) is 17.4 Å². The van der Waals surface area contributed by atoms with Crippen LogP contribution in [0.5, 0.6) is 5.75 Å². The van der Waals surface area contributed by atoms with E-state index in [1.54, 1.807) is 0 Å². The van der Waals surface area contributed by atoms with Gasteiger partial charge in [0.25, 0.3) is 0 Å². The van der Waals surface area contributed by atoms with E-state index in [0.717, 1.165) is 42.0 Å². The fourth-order valence-corrected chi connectivity index (χ4v) is 5.36. The topological polar surface area (TPSA) is 41.5 Å². The number of hydrogen-bond acceptors (Lipinski definition) is 3. The normalized spacial score (nSPS) is 35.8. The average Bonchev–Trinajstić information content (AvgIpc) is 2.53. The molecule has 2 N–H and O–H groups in total. The third-order valence-electron chi connectivity index (χ3n) is 6.05. The second-order valence-corrected chi connectivity index (χ2v) is 7.55. The quantitative estimate of drug-likeness (QED) is 0.849. The highest BCUT2D eigenvalue weighted by Crippen LogP contribution is 2.53. The van der Waals surface area contributed by atoms with Crippen LogP contribution in [0, 0.1) is 23.7 Å². The maximum Gasteiger partial charge on any atom is 0.119 e. The SMILES string of the molecule is OCCOc1ccc(CNC2C3CC4CC(C3)CC2C4)cc1. The van der Waals surface area contributed by atoms with E-state index in [4.69, 9.17) is 9.84 Å². The summed E-state index contributed by atoms with van der Waals surface area (Å²) in [6.45, 7) is 1.40. The molecule has 0 aliphatic heterocycles. The van der Waals surface area contributed by atoms with Gasteiger partial charge in [0, 0.05) is 12.6 Å². The molecule has 0 radical (unpaired) electrons. The number of rotatable bonds is 6. The molecule has 0 amide bonds. The van der Waals surface area contributed by atoms with E-state index in [0.29, 0.717) is 6.61 Å². The van der Waals surface area contributed by atoms with Crippen LogP contribution in [0.1, 0.15) is 37.7 Å². The van der Waals surface area contributed by atoms with Gasteiger partial charge in [-0.2, -0.15) is 0 Å². The molecule has 1 aromatic carbocycles. The van der Waals surface area contributed by atoms with Crippen LogP contribution in [0.25, 0.3) is 0 Å². The van der Waals surface area contributed by atoms with Crippen molar-refractivity contribution in [1.29, 1.82) is 0 Å². The van der Waals surface area contributed by atoms with Crippen molar-refractivity contribution in [2.45, 2.75) is 44.7 Å². The number of ether oxygens (including phenoxy) is 1. The van der Waals surface area contributed by atoms with E-state index in [9.17, 15) is 0 Å². The van der Waals surface area contributed by atoms with Crippen LogP contribution in [-0.2, 0) is 6.54 Å². The summed E-state index contributed by atoms with van der Waals surface area (Å²) in [6, 6.07) is 9.02. The lowest BCUT2D eigenvalue weighted by molar-refractivity contribution is -0.0142. The summed E-state index contributed by atoms with van der Waals surface area (Å²) < 4.78 is 5.41. The Bertz CT molecular complexity index is 471. The van der Waals surface area contributed by atoms with Crippen molar-refractivity contribution in [2.75, 3.05) is 13.2 Å². The molecule has 3 nitrogen and oxygen atoms in total. The van der Waals surface area contributed by atoms with Gasteiger partial charge in [-0.25, -0.2) is 0 Å². The number of nitrogens with one attached hydrogen (secondary N) is 1. The Morgan fingerprint density at radius 2 is 1.59 bits per heavy atom. The molecule has 3 heteroatoms. The van der Waals surface area contributed by atoms with E-state index >= 15 is 0 Å². The van der Waals surface area contributed by atoms with Crippen LogP contribution >= 0.6 is 0 Å². The smallest absolute Gasteiger partial charge is 0.119 e. The minimum absolute atomic E-state index is 0.0652. The van der Waals surface area contributed by atoms with Crippen LogP contribution in [-0.4, -0.2) is 24.4 Å². The zero-order valence-electron chi connectivity index (χ0n) is 13.2. The lowest BCUT2D eigenvalue weighted by Crippen LogP contribution is -2.54. The molecule has 0 saturated heterocycles. The molecule has 4 fully saturated rings. The number of aliphatic hydroxyl groups excluding tert-OH is 1. The Morgan fingerprint density at radius 3 is 2.18 bits per heavy atom. The predicted octanol–water partition coefficient (Wildman–Crippen LogP) is 2.97. The predicted molar refractivity (Wildman–Crippen MR) is 86.7 cm³/mol. The summed E-state index contributed by atoms with van der Waals surface area (Å²) in [5.74, 6) is 4.80. The fraction of sp³-hybridized carbons (Fsp3) is 0.684. The molecule has 0 aromatic heterocycles. The first-order chi connectivity index (χ1) is 10.8. The molecule has 0 atom stereocenters. The largest absolute Gasteiger partial charge is 0.491 e. The zero-order chi connectivity index (χ0) is 14.9. The monoisotopic (exact) mass is 301 g/mol. The van der Waals surface area contributed by atoms with Crippen LogP contribution in [0.2, 0.25) is 0 Å². The van der Waals surface area contributed by atoms with E-state index in [-0.39, 0.29) is 6.61 Å². The molecule has 0 spiro atoms. The first kappa shape index (κ1) is 14.5. The molecule has 5 rings (SSSR count). The first-order valence-electron chi connectivity index (χ1n) is 8.88. The van der Waals surface area contributed by atoms with Crippen LogP contribution in [0.15, 0.2) is 24.3 Å². The summed E-state index contributed by atoms with van der Waals surface area (Å²) in [4.78, 5) is 0. The van der Waals surface area contributed by atoms with Gasteiger partial charge < -0.3 is 15.2 Å². The Labute approximate surface area is 133 Å². The van der Waals surface area contributed by atoms with Gasteiger partial charge in [0.2, 0.25) is 0 Å². The van der Waals surface area contributed by atoms with Gasteiger partial charge >= 0.3 is 0 Å². The van der Waals surface area contributed by atoms with Gasteiger partial charge in [0.15, 0.2) is 0 Å². The first-order valence-corrected chi connectivity index (χ1v) is 8.88. The van der Waals surface area contributed by atoms with Crippen molar-refractivity contribution >= 4 is 0 Å². The van der Waals surface area contributed by atoms with Crippen molar-refractivity contribution in [3.63, 3.8) is 0 Å². The van der Waals surface area contributed by atoms with Gasteiger partial charge in [0.1, 0.15) is 12.4 Å². The van der Waals surface area contributed by atoms with Crippen LogP contribution < -0.4 is 10.1 Å². The van der Waals surface area contributed by atoms with Gasteiger partial charge in [0.05, 0.1) is 6.61 Å². The molecule has 4 bridgehead atoms. The van der Waals surface area contributed by atoms with E-state index in [1.807, 2.05) is 12.1 Å². The van der Waals surface area contributed by atoms with Crippen LogP contribution in [0.4, 0.5) is 0 Å². The summed E-state index contributed by atoms with van der Waals surface area (Å²) in [7, 11) is 0. The van der Waals surface area contributed by atoms with Gasteiger partial charge in [-0.3, -0.25) is 0 Å². The lowest BCUT2D eigenvalue weighted by Gasteiger charge is -2.54. The molecule has 4 aliphatic rings. The van der Waals surface area contributed by atoms with E-state index in [1.165, 1.54) is 37.7 Å². The molecule has 0 unspecified atom stereocenters. The van der Waals surface area contributed by atoms with E-state index < -0.39 is 0 Å². The molecular weight excluding hydrogens is 274 g/mol. The zero-order valence-corrected chi connectivity index (χ0v) is 13.2. The van der Waals surface area contributed by atoms with Crippen molar-refractivity contribution in [3.05, 3.63) is 29.8 Å². The third kappa shape index (κ3) is 2.89. The number of aliphatic hydroxyl groups is 1. The Hall–Kier alpha value is -1.06. The number of hydrogen-bond donors (Lipinski definition) is 2. The summed E-state index contributed by atoms with van der Waals surface area (Å²) in [5.41, 5.74) is 1.32. The molecule has 0 heterocycles. The van der Waals surface area contributed by atoms with Crippen molar-refractivity contribution < 1.29 is 9.84 Å². The fourth-order valence-electron chi connectivity index (χ4n) is 5.36. The van der Waals surface area contributed by atoms with Crippen LogP contribution in [0.3, 0.4) is 0 Å². The minimum atomic E-state index is 0.0652. The molecule has 22 heavy (non-hydrogen) atoms. The molecule has 120 valence electrons. The van der Waals surface area contributed by atoms with Crippen molar-refractivity contribution in [2.24, 2.45) is 23.7 Å². The second-order valence-electron chi connectivity index (χ2n) is 7.55. The minimum Gasteiger partial charge on any atom is -0.491 e. The molecule has 4 saturated carbocycles. The lowest BCUT2D eigenvalue weighted by atomic mass is 9.54. The third-order valence-corrected chi connectivity index (χ3v) is 6.05. The summed E-state index contributed by atoms with van der Waals surface area (Å²) >= 11 is 0. The Kier molecular flexibility index (Phi) is 4.10. The molecule has 1 aromatic rings.